The molecule has 0 amide bonds. The van der Waals surface area contributed by atoms with Crippen LogP contribution in [-0.2, 0) is 14.9 Å². The van der Waals surface area contributed by atoms with Crippen molar-refractivity contribution in [1.29, 1.82) is 0 Å². The normalized spacial score (nSPS) is 15.5. The van der Waals surface area contributed by atoms with Crippen LogP contribution in [0.3, 0.4) is 0 Å². The maximum atomic E-state index is 13.8. The summed E-state index contributed by atoms with van der Waals surface area (Å²) >= 11 is 0. The van der Waals surface area contributed by atoms with Gasteiger partial charge in [0.2, 0.25) is 0 Å². The van der Waals surface area contributed by atoms with Crippen molar-refractivity contribution in [1.82, 2.24) is 0 Å². The van der Waals surface area contributed by atoms with Gasteiger partial charge in [0.15, 0.2) is 4.75 Å². The van der Waals surface area contributed by atoms with Crippen LogP contribution < -0.4 is 0 Å². The smallest absolute Gasteiger partial charge is 0.296 e. The lowest BCUT2D eigenvalue weighted by Gasteiger charge is -2.41. The largest absolute Gasteiger partial charge is 0.372 e. The van der Waals surface area contributed by atoms with Crippen LogP contribution in [0.5, 0.6) is 0 Å². The Morgan fingerprint density at radius 3 is 1.67 bits per heavy atom. The lowest BCUT2D eigenvalue weighted by Crippen LogP contribution is -2.61. The van der Waals surface area contributed by atoms with Gasteiger partial charge in [0.1, 0.15) is 5.60 Å². The Labute approximate surface area is 88.4 Å². The van der Waals surface area contributed by atoms with E-state index in [0.29, 0.717) is 0 Å². The van der Waals surface area contributed by atoms with Crippen LogP contribution >= 0.6 is 0 Å². The van der Waals surface area contributed by atoms with E-state index in [4.69, 9.17) is 4.55 Å². The highest BCUT2D eigenvalue weighted by Gasteiger charge is 2.64. The summed E-state index contributed by atoms with van der Waals surface area (Å²) in [7, 11) is -3.83. The second-order valence-corrected chi connectivity index (χ2v) is 6.24. The Balaban J connectivity index is 5.59. The monoisotopic (exact) mass is 246 g/mol. The molecule has 4 nitrogen and oxygen atoms in total. The Kier molecular flexibility index (Phi) is 3.57. The fourth-order valence-corrected chi connectivity index (χ4v) is 1.58. The fourth-order valence-electron chi connectivity index (χ4n) is 1.02. The van der Waals surface area contributed by atoms with Gasteiger partial charge in [-0.25, -0.2) is 8.78 Å². The average molecular weight is 246 g/mol. The topological polar surface area (TPSA) is 63.6 Å². The van der Waals surface area contributed by atoms with Gasteiger partial charge in [-0.1, -0.05) is 0 Å². The minimum atomic E-state index is -4.88. The van der Waals surface area contributed by atoms with E-state index in [-0.39, 0.29) is 0 Å². The molecular weight excluding hydrogens is 230 g/mol. The van der Waals surface area contributed by atoms with Crippen LogP contribution in [0.15, 0.2) is 0 Å². The molecule has 0 aromatic carbocycles. The molecular formula is C8H16F2O4S. The van der Waals surface area contributed by atoms with Crippen molar-refractivity contribution in [3.8, 4) is 0 Å². The van der Waals surface area contributed by atoms with Crippen molar-refractivity contribution in [2.75, 3.05) is 7.11 Å². The molecule has 0 radical (unpaired) electrons. The quantitative estimate of drug-likeness (QED) is 0.767. The van der Waals surface area contributed by atoms with Crippen LogP contribution in [0.25, 0.3) is 0 Å². The Hall–Kier alpha value is -0.270. The van der Waals surface area contributed by atoms with Crippen molar-refractivity contribution in [2.24, 2.45) is 0 Å². The molecule has 0 aliphatic rings. The minimum absolute atomic E-state index is 0.753. The van der Waals surface area contributed by atoms with Gasteiger partial charge in [-0.05, 0) is 27.7 Å². The molecule has 0 rings (SSSR count). The van der Waals surface area contributed by atoms with Crippen molar-refractivity contribution >= 4 is 10.1 Å². The number of methoxy groups -OCH3 is 1. The summed E-state index contributed by atoms with van der Waals surface area (Å²) in [6.07, 6.45) is 0. The molecule has 0 spiro atoms. The zero-order valence-corrected chi connectivity index (χ0v) is 10.2. The highest BCUT2D eigenvalue weighted by molar-refractivity contribution is 7.87. The summed E-state index contributed by atoms with van der Waals surface area (Å²) < 4.78 is 60.1. The van der Waals surface area contributed by atoms with Crippen molar-refractivity contribution < 1.29 is 26.5 Å². The van der Waals surface area contributed by atoms with E-state index in [1.807, 2.05) is 0 Å². The van der Waals surface area contributed by atoms with Gasteiger partial charge in [0, 0.05) is 7.11 Å². The van der Waals surface area contributed by atoms with Gasteiger partial charge in [0.25, 0.3) is 16.0 Å². The van der Waals surface area contributed by atoms with E-state index >= 15 is 0 Å². The van der Waals surface area contributed by atoms with E-state index in [1.165, 1.54) is 0 Å². The van der Waals surface area contributed by atoms with Crippen LogP contribution in [0.1, 0.15) is 27.7 Å². The summed E-state index contributed by atoms with van der Waals surface area (Å²) in [5, 5.41) is 0. The van der Waals surface area contributed by atoms with Gasteiger partial charge < -0.3 is 4.74 Å². The number of hydrogen-bond donors (Lipinski definition) is 1. The Morgan fingerprint density at radius 2 is 1.47 bits per heavy atom. The molecule has 0 unspecified atom stereocenters. The van der Waals surface area contributed by atoms with Crippen LogP contribution in [0, 0.1) is 0 Å². The number of halogens is 2. The summed E-state index contributed by atoms with van der Waals surface area (Å²) in [5.41, 5.74) is -1.99. The van der Waals surface area contributed by atoms with Crippen molar-refractivity contribution in [3.05, 3.63) is 0 Å². The second-order valence-electron chi connectivity index (χ2n) is 4.27. The van der Waals surface area contributed by atoms with Gasteiger partial charge in [-0.3, -0.25) is 4.55 Å². The molecule has 0 atom stereocenters. The predicted molar refractivity (Wildman–Crippen MR) is 51.7 cm³/mol. The van der Waals surface area contributed by atoms with Crippen LogP contribution in [0.4, 0.5) is 8.78 Å². The maximum Gasteiger partial charge on any atom is 0.296 e. The summed E-state index contributed by atoms with van der Waals surface area (Å²) in [6.45, 7) is 3.62. The highest BCUT2D eigenvalue weighted by Crippen LogP contribution is 2.43. The van der Waals surface area contributed by atoms with E-state index in [1.54, 1.807) is 0 Å². The summed E-state index contributed by atoms with van der Waals surface area (Å²) in [5.74, 6) is -3.73. The molecule has 0 saturated carbocycles. The maximum absolute atomic E-state index is 13.8. The zero-order valence-electron chi connectivity index (χ0n) is 9.34. The highest BCUT2D eigenvalue weighted by atomic mass is 32.2. The van der Waals surface area contributed by atoms with E-state index in [9.17, 15) is 17.2 Å². The van der Waals surface area contributed by atoms with Gasteiger partial charge in [-0.2, -0.15) is 8.42 Å². The predicted octanol–water partition coefficient (Wildman–Crippen LogP) is 1.71. The molecule has 0 fully saturated rings. The fraction of sp³-hybridized carbons (Fsp3) is 1.00. The number of rotatable bonds is 4. The molecule has 0 aliphatic heterocycles. The van der Waals surface area contributed by atoms with Crippen LogP contribution in [-0.4, -0.2) is 36.4 Å². The lowest BCUT2D eigenvalue weighted by molar-refractivity contribution is -0.194. The molecule has 92 valence electrons. The number of alkyl halides is 2. The van der Waals surface area contributed by atoms with Crippen molar-refractivity contribution in [2.45, 2.75) is 44.0 Å². The zero-order chi connectivity index (χ0) is 12.7. The first-order valence-corrected chi connectivity index (χ1v) is 5.65. The Bertz CT molecular complexity index is 333. The van der Waals surface area contributed by atoms with E-state index < -0.39 is 26.4 Å². The SMILES string of the molecule is COC(C)(C)C(F)(F)C(C)(C)S(=O)(=O)O. The van der Waals surface area contributed by atoms with Gasteiger partial charge in [-0.15, -0.1) is 0 Å². The first kappa shape index (κ1) is 14.7. The first-order valence-electron chi connectivity index (χ1n) is 4.21. The minimum Gasteiger partial charge on any atom is -0.372 e. The molecule has 0 heterocycles. The number of ether oxygens (including phenoxy) is 1. The van der Waals surface area contributed by atoms with Gasteiger partial charge >= 0.3 is 0 Å². The average Bonchev–Trinajstić information content (AvgIpc) is 2.01. The second kappa shape index (κ2) is 3.64. The van der Waals surface area contributed by atoms with E-state index in [0.717, 1.165) is 34.8 Å². The lowest BCUT2D eigenvalue weighted by atomic mass is 9.90. The molecule has 0 bridgehead atoms. The van der Waals surface area contributed by atoms with Crippen LogP contribution in [0.2, 0.25) is 0 Å². The molecule has 0 aromatic heterocycles. The molecule has 0 aliphatic carbocycles. The Morgan fingerprint density at radius 1 is 1.13 bits per heavy atom. The van der Waals surface area contributed by atoms with E-state index in [2.05, 4.69) is 4.74 Å². The molecule has 15 heavy (non-hydrogen) atoms. The standard InChI is InChI=1S/C8H16F2O4S/c1-6(2,14-5)8(9,10)7(3,4)15(11,12)13/h1-5H3,(H,11,12,13). The third-order valence-corrected chi connectivity index (χ3v) is 4.21. The third-order valence-electron chi connectivity index (χ3n) is 2.67. The molecule has 0 saturated heterocycles. The summed E-state index contributed by atoms with van der Waals surface area (Å²) in [6, 6.07) is 0. The van der Waals surface area contributed by atoms with Gasteiger partial charge in [0.05, 0.1) is 0 Å². The number of hydrogen-bond acceptors (Lipinski definition) is 3. The van der Waals surface area contributed by atoms with Crippen molar-refractivity contribution in [3.63, 3.8) is 0 Å². The third kappa shape index (κ3) is 2.14. The molecule has 1 N–H and O–H groups in total. The molecule has 0 aromatic rings. The first-order chi connectivity index (χ1) is 6.31. The summed E-state index contributed by atoms with van der Waals surface area (Å²) in [4.78, 5) is 0. The molecule has 7 heteroatoms.